The summed E-state index contributed by atoms with van der Waals surface area (Å²) in [6.07, 6.45) is 3.00. The maximum absolute atomic E-state index is 12.0. The van der Waals surface area contributed by atoms with Crippen LogP contribution in [0.15, 0.2) is 36.5 Å². The smallest absolute Gasteiger partial charge is 0.254 e. The summed E-state index contributed by atoms with van der Waals surface area (Å²) in [7, 11) is 1.64. The Labute approximate surface area is 141 Å². The number of ether oxygens (including phenoxy) is 2. The fraction of sp³-hybridized carbons (Fsp3) is 0.333. The number of amides is 1. The largest absolute Gasteiger partial charge is 0.495 e. The molecule has 1 fully saturated rings. The van der Waals surface area contributed by atoms with Gasteiger partial charge in [0.15, 0.2) is 0 Å². The van der Waals surface area contributed by atoms with E-state index in [0.717, 1.165) is 35.5 Å². The van der Waals surface area contributed by atoms with Gasteiger partial charge in [-0.3, -0.25) is 4.79 Å². The molecule has 24 heavy (non-hydrogen) atoms. The second-order valence-electron chi connectivity index (χ2n) is 5.75. The molecule has 2 heterocycles. The number of nitrogens with zero attached hydrogens (tertiary/aromatic N) is 1. The molecule has 1 saturated heterocycles. The summed E-state index contributed by atoms with van der Waals surface area (Å²) in [5, 5.41) is 6.05. The number of aromatic nitrogens is 1. The lowest BCUT2D eigenvalue weighted by atomic mass is 10.2. The normalized spacial score (nSPS) is 16.7. The molecule has 0 bridgehead atoms. The predicted octanol–water partition coefficient (Wildman–Crippen LogP) is 3.26. The van der Waals surface area contributed by atoms with Crippen molar-refractivity contribution in [1.82, 2.24) is 4.98 Å². The summed E-state index contributed by atoms with van der Waals surface area (Å²) < 4.78 is 10.7. The highest BCUT2D eigenvalue weighted by atomic mass is 16.5. The van der Waals surface area contributed by atoms with Crippen molar-refractivity contribution in [3.63, 3.8) is 0 Å². The SMILES string of the molecule is COc1ccc(C)cc1Nc1ccc(NC(=O)C2CCCO2)nc1. The molecule has 2 aromatic rings. The molecule has 1 aliphatic rings. The molecular weight excluding hydrogens is 306 g/mol. The van der Waals surface area contributed by atoms with E-state index in [-0.39, 0.29) is 12.0 Å². The first-order valence-electron chi connectivity index (χ1n) is 7.96. The number of rotatable bonds is 5. The van der Waals surface area contributed by atoms with Crippen LogP contribution in [-0.2, 0) is 9.53 Å². The minimum Gasteiger partial charge on any atom is -0.495 e. The molecule has 1 aromatic heterocycles. The molecule has 2 N–H and O–H groups in total. The molecule has 6 heteroatoms. The minimum absolute atomic E-state index is 0.138. The number of aryl methyl sites for hydroxylation is 1. The van der Waals surface area contributed by atoms with Crippen LogP contribution in [0.1, 0.15) is 18.4 Å². The van der Waals surface area contributed by atoms with E-state index in [4.69, 9.17) is 9.47 Å². The first kappa shape index (κ1) is 16.3. The molecule has 0 spiro atoms. The van der Waals surface area contributed by atoms with Crippen LogP contribution in [0.5, 0.6) is 5.75 Å². The molecule has 1 aromatic carbocycles. The molecule has 1 aliphatic heterocycles. The van der Waals surface area contributed by atoms with Crippen molar-refractivity contribution in [3.8, 4) is 5.75 Å². The van der Waals surface area contributed by atoms with E-state index in [0.29, 0.717) is 12.4 Å². The summed E-state index contributed by atoms with van der Waals surface area (Å²) in [5.41, 5.74) is 2.82. The van der Waals surface area contributed by atoms with Crippen LogP contribution < -0.4 is 15.4 Å². The Hall–Kier alpha value is -2.60. The number of carbonyl (C=O) groups is 1. The Morgan fingerprint density at radius 1 is 1.33 bits per heavy atom. The van der Waals surface area contributed by atoms with Crippen LogP contribution >= 0.6 is 0 Å². The molecule has 1 amide bonds. The van der Waals surface area contributed by atoms with Gasteiger partial charge in [-0.25, -0.2) is 4.98 Å². The first-order valence-corrected chi connectivity index (χ1v) is 7.96. The monoisotopic (exact) mass is 327 g/mol. The Morgan fingerprint density at radius 3 is 2.88 bits per heavy atom. The third kappa shape index (κ3) is 3.83. The van der Waals surface area contributed by atoms with E-state index in [1.807, 2.05) is 31.2 Å². The second-order valence-corrected chi connectivity index (χ2v) is 5.75. The third-order valence-electron chi connectivity index (χ3n) is 3.87. The van der Waals surface area contributed by atoms with Gasteiger partial charge in [-0.05, 0) is 49.6 Å². The highest BCUT2D eigenvalue weighted by molar-refractivity contribution is 5.93. The third-order valence-corrected chi connectivity index (χ3v) is 3.87. The van der Waals surface area contributed by atoms with Gasteiger partial charge in [-0.15, -0.1) is 0 Å². The zero-order valence-electron chi connectivity index (χ0n) is 13.8. The molecule has 6 nitrogen and oxygen atoms in total. The van der Waals surface area contributed by atoms with Gasteiger partial charge >= 0.3 is 0 Å². The van der Waals surface area contributed by atoms with E-state index in [1.165, 1.54) is 0 Å². The van der Waals surface area contributed by atoms with Crippen LogP contribution in [0.3, 0.4) is 0 Å². The zero-order chi connectivity index (χ0) is 16.9. The van der Waals surface area contributed by atoms with Crippen molar-refractivity contribution in [2.45, 2.75) is 25.9 Å². The van der Waals surface area contributed by atoms with E-state index in [9.17, 15) is 4.79 Å². The van der Waals surface area contributed by atoms with Gasteiger partial charge in [-0.1, -0.05) is 6.07 Å². The topological polar surface area (TPSA) is 72.5 Å². The number of carbonyl (C=O) groups excluding carboxylic acids is 1. The van der Waals surface area contributed by atoms with Crippen molar-refractivity contribution < 1.29 is 14.3 Å². The number of hydrogen-bond donors (Lipinski definition) is 2. The van der Waals surface area contributed by atoms with Gasteiger partial charge in [-0.2, -0.15) is 0 Å². The molecule has 1 unspecified atom stereocenters. The molecule has 0 saturated carbocycles. The first-order chi connectivity index (χ1) is 11.7. The standard InChI is InChI=1S/C18H21N3O3/c1-12-5-7-15(23-2)14(10-12)20-13-6-8-17(19-11-13)21-18(22)16-4-3-9-24-16/h5-8,10-11,16,20H,3-4,9H2,1-2H3,(H,19,21,22). The van der Waals surface area contributed by atoms with Crippen LogP contribution in [0.4, 0.5) is 17.2 Å². The highest BCUT2D eigenvalue weighted by Gasteiger charge is 2.23. The van der Waals surface area contributed by atoms with Crippen molar-refractivity contribution in [1.29, 1.82) is 0 Å². The van der Waals surface area contributed by atoms with E-state index >= 15 is 0 Å². The zero-order valence-corrected chi connectivity index (χ0v) is 13.8. The summed E-state index contributed by atoms with van der Waals surface area (Å²) in [6, 6.07) is 9.54. The van der Waals surface area contributed by atoms with Gasteiger partial charge in [0.2, 0.25) is 0 Å². The van der Waals surface area contributed by atoms with Crippen molar-refractivity contribution in [2.75, 3.05) is 24.4 Å². The molecule has 0 aliphatic carbocycles. The maximum atomic E-state index is 12.0. The Kier molecular flexibility index (Phi) is 4.96. The Balaban J connectivity index is 1.66. The fourth-order valence-electron chi connectivity index (χ4n) is 2.61. The number of pyridine rings is 1. The Bertz CT molecular complexity index is 710. The van der Waals surface area contributed by atoms with Crippen molar-refractivity contribution in [2.24, 2.45) is 0 Å². The molecular formula is C18H21N3O3. The van der Waals surface area contributed by atoms with Crippen LogP contribution in [0, 0.1) is 6.92 Å². The quantitative estimate of drug-likeness (QED) is 0.882. The average molecular weight is 327 g/mol. The minimum atomic E-state index is -0.360. The lowest BCUT2D eigenvalue weighted by molar-refractivity contribution is -0.124. The maximum Gasteiger partial charge on any atom is 0.254 e. The predicted molar refractivity (Wildman–Crippen MR) is 92.9 cm³/mol. The van der Waals surface area contributed by atoms with E-state index in [2.05, 4.69) is 15.6 Å². The number of hydrogen-bond acceptors (Lipinski definition) is 5. The number of nitrogens with one attached hydrogen (secondary N) is 2. The van der Waals surface area contributed by atoms with Gasteiger partial charge in [0.1, 0.15) is 17.7 Å². The van der Waals surface area contributed by atoms with Gasteiger partial charge < -0.3 is 20.1 Å². The number of benzene rings is 1. The molecule has 0 radical (unpaired) electrons. The second kappa shape index (κ2) is 7.31. The summed E-state index contributed by atoms with van der Waals surface area (Å²) in [6.45, 7) is 2.67. The fourth-order valence-corrected chi connectivity index (χ4v) is 2.61. The van der Waals surface area contributed by atoms with Crippen molar-refractivity contribution >= 4 is 23.1 Å². The lowest BCUT2D eigenvalue weighted by Gasteiger charge is -2.13. The van der Waals surface area contributed by atoms with Crippen LogP contribution in [-0.4, -0.2) is 30.7 Å². The molecule has 126 valence electrons. The molecule has 3 rings (SSSR count). The van der Waals surface area contributed by atoms with Crippen LogP contribution in [0.2, 0.25) is 0 Å². The van der Waals surface area contributed by atoms with Gasteiger partial charge in [0.25, 0.3) is 5.91 Å². The highest BCUT2D eigenvalue weighted by Crippen LogP contribution is 2.28. The summed E-state index contributed by atoms with van der Waals surface area (Å²) in [4.78, 5) is 16.3. The number of anilines is 3. The Morgan fingerprint density at radius 2 is 2.21 bits per heavy atom. The van der Waals surface area contributed by atoms with Crippen LogP contribution in [0.25, 0.3) is 0 Å². The van der Waals surface area contributed by atoms with Crippen molar-refractivity contribution in [3.05, 3.63) is 42.1 Å². The molecule has 1 atom stereocenters. The average Bonchev–Trinajstić information content (AvgIpc) is 3.11. The lowest BCUT2D eigenvalue weighted by Crippen LogP contribution is -2.27. The summed E-state index contributed by atoms with van der Waals surface area (Å²) in [5.74, 6) is 1.13. The van der Waals surface area contributed by atoms with Gasteiger partial charge in [0, 0.05) is 6.61 Å². The summed E-state index contributed by atoms with van der Waals surface area (Å²) >= 11 is 0. The number of methoxy groups -OCH3 is 1. The van der Waals surface area contributed by atoms with Gasteiger partial charge in [0.05, 0.1) is 24.7 Å². The van der Waals surface area contributed by atoms with E-state index in [1.54, 1.807) is 19.4 Å². The van der Waals surface area contributed by atoms with E-state index < -0.39 is 0 Å².